The minimum atomic E-state index is -4.75. The molecule has 39 heavy (non-hydrogen) atoms. The Morgan fingerprint density at radius 3 is 2.44 bits per heavy atom. The van der Waals surface area contributed by atoms with Gasteiger partial charge in [-0.2, -0.15) is 8.42 Å². The maximum atomic E-state index is 13.3. The van der Waals surface area contributed by atoms with Crippen molar-refractivity contribution in [2.45, 2.75) is 25.2 Å². The van der Waals surface area contributed by atoms with Crippen molar-refractivity contribution < 1.29 is 27.6 Å². The van der Waals surface area contributed by atoms with E-state index in [-0.39, 0.29) is 27.7 Å². The van der Waals surface area contributed by atoms with Crippen LogP contribution in [-0.4, -0.2) is 30.6 Å². The van der Waals surface area contributed by atoms with E-state index in [9.17, 15) is 22.9 Å². The van der Waals surface area contributed by atoms with Gasteiger partial charge in [0, 0.05) is 5.39 Å². The number of rotatable bonds is 8. The van der Waals surface area contributed by atoms with E-state index in [2.05, 4.69) is 15.5 Å². The van der Waals surface area contributed by atoms with E-state index >= 15 is 0 Å². The number of hydrogen-bond acceptors (Lipinski definition) is 7. The number of carbonyl (C=O) groups excluding carboxylic acids is 1. The number of halogens is 2. The first-order chi connectivity index (χ1) is 18.5. The molecule has 4 rings (SSSR count). The molecule has 9 nitrogen and oxygen atoms in total. The number of hydrogen-bond donors (Lipinski definition) is 3. The van der Waals surface area contributed by atoms with Gasteiger partial charge >= 0.3 is 0 Å². The van der Waals surface area contributed by atoms with Gasteiger partial charge in [-0.05, 0) is 54.6 Å². The lowest BCUT2D eigenvalue weighted by Crippen LogP contribution is -2.13. The molecule has 0 saturated heterocycles. The first kappa shape index (κ1) is 28.3. The van der Waals surface area contributed by atoms with Crippen molar-refractivity contribution in [3.63, 3.8) is 0 Å². The number of nitrogens with zero attached hydrogens (tertiary/aromatic N) is 2. The van der Waals surface area contributed by atoms with Gasteiger partial charge in [-0.25, -0.2) is 0 Å². The summed E-state index contributed by atoms with van der Waals surface area (Å²) in [6, 6.07) is 16.0. The molecule has 0 aromatic heterocycles. The van der Waals surface area contributed by atoms with Crippen LogP contribution in [0.4, 0.5) is 17.1 Å². The van der Waals surface area contributed by atoms with Gasteiger partial charge in [0.25, 0.3) is 16.0 Å². The molecule has 4 aromatic carbocycles. The van der Waals surface area contributed by atoms with Gasteiger partial charge in [-0.3, -0.25) is 9.35 Å². The zero-order chi connectivity index (χ0) is 28.3. The molecule has 1 amide bonds. The first-order valence-corrected chi connectivity index (χ1v) is 13.9. The van der Waals surface area contributed by atoms with Crippen molar-refractivity contribution in [1.82, 2.24) is 0 Å². The normalized spacial score (nSPS) is 11.7. The van der Waals surface area contributed by atoms with Gasteiger partial charge in [-0.1, -0.05) is 60.5 Å². The van der Waals surface area contributed by atoms with E-state index in [1.807, 2.05) is 6.92 Å². The van der Waals surface area contributed by atoms with Crippen LogP contribution in [0.15, 0.2) is 75.8 Å². The summed E-state index contributed by atoms with van der Waals surface area (Å²) in [5.74, 6) is -0.894. The first-order valence-electron chi connectivity index (χ1n) is 11.7. The fourth-order valence-electron chi connectivity index (χ4n) is 3.95. The van der Waals surface area contributed by atoms with Gasteiger partial charge in [0.05, 0.1) is 27.9 Å². The zero-order valence-corrected chi connectivity index (χ0v) is 23.1. The summed E-state index contributed by atoms with van der Waals surface area (Å²) < 4.78 is 39.4. The third-order valence-electron chi connectivity index (χ3n) is 5.75. The minimum Gasteiger partial charge on any atom is -0.505 e. The molecule has 0 heterocycles. The highest BCUT2D eigenvalue weighted by atomic mass is 35.5. The second-order valence-electron chi connectivity index (χ2n) is 8.30. The van der Waals surface area contributed by atoms with E-state index in [0.717, 1.165) is 0 Å². The highest BCUT2D eigenvalue weighted by Gasteiger charge is 2.23. The molecule has 0 atom stereocenters. The number of aryl methyl sites for hydroxylation is 1. The van der Waals surface area contributed by atoms with Crippen LogP contribution in [0, 0.1) is 0 Å². The van der Waals surface area contributed by atoms with Crippen molar-refractivity contribution >= 4 is 67.1 Å². The van der Waals surface area contributed by atoms with E-state index in [0.29, 0.717) is 40.1 Å². The van der Waals surface area contributed by atoms with Gasteiger partial charge in [0.15, 0.2) is 11.5 Å². The molecular weight excluding hydrogens is 565 g/mol. The van der Waals surface area contributed by atoms with Crippen LogP contribution in [0.1, 0.15) is 29.8 Å². The van der Waals surface area contributed by atoms with Gasteiger partial charge in [0.1, 0.15) is 16.3 Å². The lowest BCUT2D eigenvalue weighted by Gasteiger charge is -2.14. The van der Waals surface area contributed by atoms with Crippen LogP contribution in [0.3, 0.4) is 0 Å². The lowest BCUT2D eigenvalue weighted by atomic mass is 10.0. The summed E-state index contributed by atoms with van der Waals surface area (Å²) in [6.07, 6.45) is 0.505. The van der Waals surface area contributed by atoms with Crippen LogP contribution in [0.5, 0.6) is 11.5 Å². The van der Waals surface area contributed by atoms with Crippen molar-refractivity contribution in [2.24, 2.45) is 10.2 Å². The number of benzene rings is 4. The number of fused-ring (bicyclic) bond motifs is 1. The third-order valence-corrected chi connectivity index (χ3v) is 7.40. The fraction of sp³-hybridized carbons (Fsp3) is 0.148. The minimum absolute atomic E-state index is 0.0892. The average Bonchev–Trinajstić information content (AvgIpc) is 2.88. The molecule has 0 fully saturated rings. The number of nitrogens with one attached hydrogen (secondary N) is 1. The average molecular weight is 588 g/mol. The van der Waals surface area contributed by atoms with E-state index in [1.54, 1.807) is 49.4 Å². The smallest absolute Gasteiger partial charge is 0.298 e. The Morgan fingerprint density at radius 2 is 1.74 bits per heavy atom. The van der Waals surface area contributed by atoms with E-state index in [4.69, 9.17) is 27.9 Å². The lowest BCUT2D eigenvalue weighted by molar-refractivity contribution is 0.102. The summed E-state index contributed by atoms with van der Waals surface area (Å²) in [6.45, 7) is 3.92. The Kier molecular flexibility index (Phi) is 8.41. The predicted molar refractivity (Wildman–Crippen MR) is 151 cm³/mol. The quantitative estimate of drug-likeness (QED) is 0.142. The van der Waals surface area contributed by atoms with E-state index in [1.165, 1.54) is 18.2 Å². The monoisotopic (exact) mass is 587 g/mol. The maximum Gasteiger partial charge on any atom is 0.298 e. The molecule has 0 aliphatic rings. The summed E-state index contributed by atoms with van der Waals surface area (Å²) >= 11 is 12.4. The Bertz CT molecular complexity index is 1720. The zero-order valence-electron chi connectivity index (χ0n) is 20.8. The maximum absolute atomic E-state index is 13.3. The highest BCUT2D eigenvalue weighted by molar-refractivity contribution is 7.86. The molecule has 12 heteroatoms. The number of phenolic OH excluding ortho intramolecular Hbond substituents is 1. The van der Waals surface area contributed by atoms with Crippen LogP contribution >= 0.6 is 23.2 Å². The number of amides is 1. The fourth-order valence-corrected chi connectivity index (χ4v) is 5.38. The Balaban J connectivity index is 1.85. The number of para-hydroxylation sites is 1. The van der Waals surface area contributed by atoms with Crippen molar-refractivity contribution in [3.8, 4) is 11.5 Å². The standard InChI is InChI=1S/C27H23Cl2N3O6S/c1-3-15-12-20(29)26(39(35,36)37)22(13-15)31-32-23-17-9-6-5-8-16(17)14-18(24(23)33)27(34)30-21-11-7-10-19(28)25(21)38-4-2/h5-14,33H,3-4H2,1-2H3,(H,30,34)(H,35,36,37). The van der Waals surface area contributed by atoms with Crippen molar-refractivity contribution in [3.05, 3.63) is 81.8 Å². The second-order valence-corrected chi connectivity index (χ2v) is 10.5. The molecule has 0 radical (unpaired) electrons. The molecule has 0 spiro atoms. The van der Waals surface area contributed by atoms with Crippen molar-refractivity contribution in [1.29, 1.82) is 0 Å². The summed E-state index contributed by atoms with van der Waals surface area (Å²) in [5, 5.41) is 23.1. The Labute approximate surface area is 234 Å². The topological polar surface area (TPSA) is 138 Å². The molecule has 0 aliphatic heterocycles. The number of aromatic hydroxyl groups is 1. The van der Waals surface area contributed by atoms with Crippen LogP contribution in [0.25, 0.3) is 10.8 Å². The summed E-state index contributed by atoms with van der Waals surface area (Å²) in [4.78, 5) is 12.7. The third kappa shape index (κ3) is 5.99. The Hall–Kier alpha value is -3.70. The highest BCUT2D eigenvalue weighted by Crippen LogP contribution is 2.42. The van der Waals surface area contributed by atoms with E-state index < -0.39 is 26.7 Å². The Morgan fingerprint density at radius 1 is 1.00 bits per heavy atom. The molecule has 3 N–H and O–H groups in total. The number of carbonyl (C=O) groups is 1. The van der Waals surface area contributed by atoms with Gasteiger partial charge in [0.2, 0.25) is 0 Å². The van der Waals surface area contributed by atoms with Crippen LogP contribution < -0.4 is 10.1 Å². The number of anilines is 1. The van der Waals surface area contributed by atoms with Gasteiger partial charge in [-0.15, -0.1) is 10.2 Å². The second kappa shape index (κ2) is 11.6. The molecule has 4 aromatic rings. The van der Waals surface area contributed by atoms with Crippen LogP contribution in [-0.2, 0) is 16.5 Å². The number of ether oxygens (including phenoxy) is 1. The number of phenols is 1. The largest absolute Gasteiger partial charge is 0.505 e. The summed E-state index contributed by atoms with van der Waals surface area (Å²) in [7, 11) is -4.75. The van der Waals surface area contributed by atoms with Gasteiger partial charge < -0.3 is 15.2 Å². The molecule has 0 aliphatic carbocycles. The predicted octanol–water partition coefficient (Wildman–Crippen LogP) is 7.73. The molecule has 0 saturated carbocycles. The molecular formula is C27H23Cl2N3O6S. The van der Waals surface area contributed by atoms with Crippen molar-refractivity contribution in [2.75, 3.05) is 11.9 Å². The molecule has 202 valence electrons. The SMILES string of the molecule is CCOc1c(Cl)cccc1NC(=O)c1cc2ccccc2c(N=Nc2cc(CC)cc(Cl)c2S(=O)(=O)O)c1O. The number of azo groups is 1. The van der Waals surface area contributed by atoms with Crippen LogP contribution in [0.2, 0.25) is 10.0 Å². The molecule has 0 bridgehead atoms. The summed E-state index contributed by atoms with van der Waals surface area (Å²) in [5.41, 5.74) is 0.513. The molecule has 0 unspecified atom stereocenters.